The van der Waals surface area contributed by atoms with Gasteiger partial charge < -0.3 is 10.2 Å². The maximum atomic E-state index is 12.9. The number of amides is 2. The molecule has 0 aliphatic carbocycles. The van der Waals surface area contributed by atoms with Crippen LogP contribution in [0.5, 0.6) is 0 Å². The van der Waals surface area contributed by atoms with E-state index in [0.29, 0.717) is 6.54 Å². The summed E-state index contributed by atoms with van der Waals surface area (Å²) in [5.74, 6) is 2.00. The van der Waals surface area contributed by atoms with Crippen molar-refractivity contribution in [3.63, 3.8) is 0 Å². The van der Waals surface area contributed by atoms with Crippen molar-refractivity contribution in [2.75, 3.05) is 41.4 Å². The minimum absolute atomic E-state index is 0.0103. The minimum atomic E-state index is -0.330. The molecule has 0 radical (unpaired) electrons. The summed E-state index contributed by atoms with van der Waals surface area (Å²) in [4.78, 5) is 29.6. The van der Waals surface area contributed by atoms with Gasteiger partial charge in [-0.15, -0.1) is 0 Å². The van der Waals surface area contributed by atoms with Gasteiger partial charge in [-0.2, -0.15) is 11.8 Å². The van der Waals surface area contributed by atoms with Crippen molar-refractivity contribution >= 4 is 35.0 Å². The first-order valence-corrected chi connectivity index (χ1v) is 12.3. The summed E-state index contributed by atoms with van der Waals surface area (Å²) in [5.41, 5.74) is 5.28. The average molecular weight is 438 g/mol. The standard InChI is InChI=1S/C25H31N3O2S/c1-3-19-4-7-22(8-5-19)28-17-21(15-24(28)29)25(30)26-23-9-6-20(14-18(23)2)16-27-10-12-31-13-11-27/h4-9,14,21H,3,10-13,15-17H2,1-2H3,(H,26,30). The third-order valence-corrected chi connectivity index (χ3v) is 7.15. The summed E-state index contributed by atoms with van der Waals surface area (Å²) in [6.07, 6.45) is 1.22. The normalized spacial score (nSPS) is 19.6. The molecule has 2 aliphatic rings. The lowest BCUT2D eigenvalue weighted by Gasteiger charge is -2.26. The van der Waals surface area contributed by atoms with E-state index in [1.807, 2.05) is 49.0 Å². The number of aryl methyl sites for hydroxylation is 2. The number of rotatable bonds is 6. The Labute approximate surface area is 189 Å². The van der Waals surface area contributed by atoms with Crippen LogP contribution in [-0.2, 0) is 22.6 Å². The van der Waals surface area contributed by atoms with E-state index in [2.05, 4.69) is 29.3 Å². The number of thioether (sulfide) groups is 1. The quantitative estimate of drug-likeness (QED) is 0.739. The highest BCUT2D eigenvalue weighted by Crippen LogP contribution is 2.27. The van der Waals surface area contributed by atoms with E-state index < -0.39 is 0 Å². The number of nitrogens with zero attached hydrogens (tertiary/aromatic N) is 2. The SMILES string of the molecule is CCc1ccc(N2CC(C(=O)Nc3ccc(CN4CCSCC4)cc3C)CC2=O)cc1. The molecule has 1 N–H and O–H groups in total. The van der Waals surface area contributed by atoms with Gasteiger partial charge in [0.05, 0.1) is 5.92 Å². The first-order chi connectivity index (χ1) is 15.0. The molecule has 2 aromatic rings. The van der Waals surface area contributed by atoms with Crippen molar-refractivity contribution < 1.29 is 9.59 Å². The van der Waals surface area contributed by atoms with Gasteiger partial charge in [-0.3, -0.25) is 14.5 Å². The molecular formula is C25H31N3O2S. The van der Waals surface area contributed by atoms with Crippen molar-refractivity contribution in [2.45, 2.75) is 33.2 Å². The second-order valence-electron chi connectivity index (χ2n) is 8.45. The Bertz CT molecular complexity index is 938. The van der Waals surface area contributed by atoms with E-state index >= 15 is 0 Å². The van der Waals surface area contributed by atoms with Crippen LogP contribution in [-0.4, -0.2) is 47.9 Å². The molecule has 2 aliphatic heterocycles. The van der Waals surface area contributed by atoms with Crippen LogP contribution in [0.4, 0.5) is 11.4 Å². The van der Waals surface area contributed by atoms with Crippen LogP contribution in [0.2, 0.25) is 0 Å². The summed E-state index contributed by atoms with van der Waals surface area (Å²) >= 11 is 2.02. The number of hydrogen-bond acceptors (Lipinski definition) is 4. The van der Waals surface area contributed by atoms with Gasteiger partial charge in [0.25, 0.3) is 0 Å². The van der Waals surface area contributed by atoms with Gasteiger partial charge >= 0.3 is 0 Å². The number of benzene rings is 2. The second-order valence-corrected chi connectivity index (χ2v) is 9.68. The van der Waals surface area contributed by atoms with E-state index in [1.54, 1.807) is 4.90 Å². The van der Waals surface area contributed by atoms with Crippen LogP contribution in [0, 0.1) is 12.8 Å². The van der Waals surface area contributed by atoms with E-state index in [4.69, 9.17) is 0 Å². The first kappa shape index (κ1) is 21.9. The number of nitrogens with one attached hydrogen (secondary N) is 1. The zero-order valence-corrected chi connectivity index (χ0v) is 19.2. The third kappa shape index (κ3) is 5.31. The van der Waals surface area contributed by atoms with Gasteiger partial charge in [-0.25, -0.2) is 0 Å². The molecule has 164 valence electrons. The first-order valence-electron chi connectivity index (χ1n) is 11.1. The van der Waals surface area contributed by atoms with Gasteiger partial charge in [0.15, 0.2) is 0 Å². The van der Waals surface area contributed by atoms with Gasteiger partial charge in [0, 0.05) is 55.5 Å². The average Bonchev–Trinajstić information content (AvgIpc) is 3.18. The third-order valence-electron chi connectivity index (χ3n) is 6.21. The Hall–Kier alpha value is -2.31. The predicted octanol–water partition coefficient (Wildman–Crippen LogP) is 4.10. The van der Waals surface area contributed by atoms with E-state index in [0.717, 1.165) is 43.0 Å². The van der Waals surface area contributed by atoms with Crippen LogP contribution in [0.15, 0.2) is 42.5 Å². The van der Waals surface area contributed by atoms with Crippen molar-refractivity contribution in [1.29, 1.82) is 0 Å². The fourth-order valence-electron chi connectivity index (χ4n) is 4.26. The number of anilines is 2. The lowest BCUT2D eigenvalue weighted by atomic mass is 10.1. The van der Waals surface area contributed by atoms with E-state index in [9.17, 15) is 9.59 Å². The van der Waals surface area contributed by atoms with Crippen LogP contribution >= 0.6 is 11.8 Å². The molecule has 6 heteroatoms. The molecule has 0 spiro atoms. The molecule has 0 aromatic heterocycles. The molecule has 0 bridgehead atoms. The summed E-state index contributed by atoms with van der Waals surface area (Å²) in [5, 5.41) is 3.06. The van der Waals surface area contributed by atoms with Gasteiger partial charge in [-0.1, -0.05) is 31.2 Å². The highest BCUT2D eigenvalue weighted by atomic mass is 32.2. The number of hydrogen-bond donors (Lipinski definition) is 1. The van der Waals surface area contributed by atoms with Crippen molar-refractivity contribution in [2.24, 2.45) is 5.92 Å². The van der Waals surface area contributed by atoms with Crippen LogP contribution in [0.3, 0.4) is 0 Å². The predicted molar refractivity (Wildman–Crippen MR) is 129 cm³/mol. The molecule has 2 aromatic carbocycles. The molecule has 1 unspecified atom stereocenters. The molecular weight excluding hydrogens is 406 g/mol. The maximum Gasteiger partial charge on any atom is 0.229 e. The Morgan fingerprint density at radius 1 is 1.10 bits per heavy atom. The van der Waals surface area contributed by atoms with Crippen molar-refractivity contribution in [3.8, 4) is 0 Å². The molecule has 2 fully saturated rings. The zero-order chi connectivity index (χ0) is 21.8. The topological polar surface area (TPSA) is 52.7 Å². The Kier molecular flexibility index (Phi) is 6.98. The summed E-state index contributed by atoms with van der Waals surface area (Å²) in [7, 11) is 0. The summed E-state index contributed by atoms with van der Waals surface area (Å²) < 4.78 is 0. The van der Waals surface area contributed by atoms with Crippen molar-refractivity contribution in [3.05, 3.63) is 59.2 Å². The highest BCUT2D eigenvalue weighted by Gasteiger charge is 2.35. The molecule has 2 heterocycles. The largest absolute Gasteiger partial charge is 0.326 e. The van der Waals surface area contributed by atoms with Crippen LogP contribution < -0.4 is 10.2 Å². The molecule has 0 saturated carbocycles. The Morgan fingerprint density at radius 3 is 2.48 bits per heavy atom. The zero-order valence-electron chi connectivity index (χ0n) is 18.4. The van der Waals surface area contributed by atoms with E-state index in [-0.39, 0.29) is 24.2 Å². The maximum absolute atomic E-state index is 12.9. The number of carbonyl (C=O) groups excluding carboxylic acids is 2. The lowest BCUT2D eigenvalue weighted by Crippen LogP contribution is -2.32. The monoisotopic (exact) mass is 437 g/mol. The molecule has 2 saturated heterocycles. The minimum Gasteiger partial charge on any atom is -0.326 e. The smallest absolute Gasteiger partial charge is 0.229 e. The number of carbonyl (C=O) groups is 2. The molecule has 4 rings (SSSR count). The molecule has 1 atom stereocenters. The van der Waals surface area contributed by atoms with Crippen LogP contribution in [0.25, 0.3) is 0 Å². The van der Waals surface area contributed by atoms with Crippen molar-refractivity contribution in [1.82, 2.24) is 4.90 Å². The van der Waals surface area contributed by atoms with Crippen LogP contribution in [0.1, 0.15) is 30.0 Å². The Balaban J connectivity index is 1.37. The Morgan fingerprint density at radius 2 is 1.81 bits per heavy atom. The van der Waals surface area contributed by atoms with E-state index in [1.165, 1.54) is 22.6 Å². The molecule has 2 amide bonds. The van der Waals surface area contributed by atoms with Gasteiger partial charge in [0.2, 0.25) is 11.8 Å². The summed E-state index contributed by atoms with van der Waals surface area (Å²) in [6.45, 7) is 7.80. The highest BCUT2D eigenvalue weighted by molar-refractivity contribution is 7.99. The fourth-order valence-corrected chi connectivity index (χ4v) is 5.24. The summed E-state index contributed by atoms with van der Waals surface area (Å²) in [6, 6.07) is 14.3. The molecule has 5 nitrogen and oxygen atoms in total. The molecule has 31 heavy (non-hydrogen) atoms. The fraction of sp³-hybridized carbons (Fsp3) is 0.440. The van der Waals surface area contributed by atoms with Gasteiger partial charge in [-0.05, 0) is 48.2 Å². The second kappa shape index (κ2) is 9.88. The van der Waals surface area contributed by atoms with Gasteiger partial charge in [0.1, 0.15) is 0 Å². The lowest BCUT2D eigenvalue weighted by molar-refractivity contribution is -0.122.